The van der Waals surface area contributed by atoms with E-state index in [0.717, 1.165) is 23.2 Å². The molecular weight excluding hydrogens is 296 g/mol. The number of amides is 1. The van der Waals surface area contributed by atoms with Crippen molar-refractivity contribution in [3.05, 3.63) is 29.8 Å². The lowest BCUT2D eigenvalue weighted by Gasteiger charge is -2.22. The number of hydrogen-bond donors (Lipinski definition) is 2. The molecule has 2 aliphatic rings. The smallest absolute Gasteiger partial charge is 0.254 e. The molecule has 5 heteroatoms. The van der Waals surface area contributed by atoms with Crippen LogP contribution in [0.25, 0.3) is 0 Å². The Bertz CT molecular complexity index is 497. The monoisotopic (exact) mass is 320 g/mol. The van der Waals surface area contributed by atoms with Gasteiger partial charge in [0.05, 0.1) is 6.61 Å². The molecule has 1 heterocycles. The third kappa shape index (κ3) is 4.48. The van der Waals surface area contributed by atoms with E-state index in [-0.39, 0.29) is 12.0 Å². The first-order valence-corrected chi connectivity index (χ1v) is 9.20. The molecule has 2 fully saturated rings. The fourth-order valence-corrected chi connectivity index (χ4v) is 4.24. The fourth-order valence-electron chi connectivity index (χ4n) is 2.96. The van der Waals surface area contributed by atoms with E-state index in [4.69, 9.17) is 4.74 Å². The first-order chi connectivity index (χ1) is 10.8. The van der Waals surface area contributed by atoms with E-state index in [1.165, 1.54) is 31.2 Å². The highest BCUT2D eigenvalue weighted by atomic mass is 32.2. The van der Waals surface area contributed by atoms with Gasteiger partial charge in [-0.3, -0.25) is 4.79 Å². The van der Waals surface area contributed by atoms with Gasteiger partial charge >= 0.3 is 0 Å². The number of nitrogens with one attached hydrogen (secondary N) is 2. The largest absolute Gasteiger partial charge is 0.366 e. The first kappa shape index (κ1) is 15.8. The molecule has 4 nitrogen and oxygen atoms in total. The topological polar surface area (TPSA) is 50.4 Å². The van der Waals surface area contributed by atoms with Gasteiger partial charge in [0.25, 0.3) is 5.91 Å². The Labute approximate surface area is 136 Å². The van der Waals surface area contributed by atoms with Crippen LogP contribution in [0.3, 0.4) is 0 Å². The minimum absolute atomic E-state index is 0.0622. The lowest BCUT2D eigenvalue weighted by Crippen LogP contribution is -2.45. The summed E-state index contributed by atoms with van der Waals surface area (Å²) >= 11 is 2.05. The van der Waals surface area contributed by atoms with Gasteiger partial charge < -0.3 is 15.4 Å². The summed E-state index contributed by atoms with van der Waals surface area (Å²) in [5.41, 5.74) is 2.14. The van der Waals surface area contributed by atoms with Crippen molar-refractivity contribution in [3.63, 3.8) is 0 Å². The average molecular weight is 320 g/mol. The Morgan fingerprint density at radius 1 is 1.36 bits per heavy atom. The van der Waals surface area contributed by atoms with Crippen LogP contribution >= 0.6 is 11.8 Å². The molecule has 1 atom stereocenters. The van der Waals surface area contributed by atoms with Crippen LogP contribution in [0.4, 0.5) is 5.69 Å². The van der Waals surface area contributed by atoms with Gasteiger partial charge in [-0.15, -0.1) is 0 Å². The molecule has 1 aromatic carbocycles. The zero-order valence-electron chi connectivity index (χ0n) is 12.8. The summed E-state index contributed by atoms with van der Waals surface area (Å²) in [6.45, 7) is 2.00. The molecule has 1 aromatic rings. The number of anilines is 1. The van der Waals surface area contributed by atoms with Crippen molar-refractivity contribution in [3.8, 4) is 0 Å². The minimum Gasteiger partial charge on any atom is -0.366 e. The maximum absolute atomic E-state index is 12.2. The molecule has 0 spiro atoms. The van der Waals surface area contributed by atoms with Crippen molar-refractivity contribution < 1.29 is 9.53 Å². The second kappa shape index (κ2) is 7.99. The van der Waals surface area contributed by atoms with E-state index in [0.29, 0.717) is 13.2 Å². The lowest BCUT2D eigenvalue weighted by molar-refractivity contribution is -0.128. The fraction of sp³-hybridized carbons (Fsp3) is 0.588. The van der Waals surface area contributed by atoms with Crippen LogP contribution in [0, 0.1) is 0 Å². The number of benzene rings is 1. The molecule has 120 valence electrons. The molecule has 1 saturated carbocycles. The Morgan fingerprint density at radius 2 is 2.23 bits per heavy atom. The lowest BCUT2D eigenvalue weighted by atomic mass is 10.2. The number of carbonyl (C=O) groups is 1. The molecule has 1 aliphatic carbocycles. The third-order valence-corrected chi connectivity index (χ3v) is 5.65. The van der Waals surface area contributed by atoms with Crippen molar-refractivity contribution in [1.29, 1.82) is 0 Å². The van der Waals surface area contributed by atoms with E-state index in [1.807, 2.05) is 23.9 Å². The zero-order valence-corrected chi connectivity index (χ0v) is 13.7. The van der Waals surface area contributed by atoms with E-state index >= 15 is 0 Å². The number of rotatable bonds is 5. The van der Waals surface area contributed by atoms with Gasteiger partial charge in [0.2, 0.25) is 0 Å². The second-order valence-corrected chi connectivity index (χ2v) is 7.26. The molecule has 0 radical (unpaired) electrons. The van der Waals surface area contributed by atoms with Crippen molar-refractivity contribution in [2.45, 2.75) is 42.8 Å². The summed E-state index contributed by atoms with van der Waals surface area (Å²) in [5, 5.41) is 6.96. The van der Waals surface area contributed by atoms with Gasteiger partial charge in [-0.25, -0.2) is 0 Å². The molecule has 0 unspecified atom stereocenters. The van der Waals surface area contributed by atoms with E-state index in [9.17, 15) is 4.79 Å². The predicted molar refractivity (Wildman–Crippen MR) is 91.2 cm³/mol. The van der Waals surface area contributed by atoms with Gasteiger partial charge in [-0.1, -0.05) is 25.0 Å². The van der Waals surface area contributed by atoms with Gasteiger partial charge in [-0.05, 0) is 30.5 Å². The Morgan fingerprint density at radius 3 is 3.00 bits per heavy atom. The standard InChI is InChI=1S/C17H24N2O2S/c20-17(16-11-18-8-9-21-16)19-14-5-3-4-13(10-14)12-22-15-6-1-2-7-15/h3-5,10,15-16,18H,1-2,6-9,11-12H2,(H,19,20)/t16-/m0/s1. The normalized spacial score (nSPS) is 22.6. The SMILES string of the molecule is O=C(Nc1cccc(CSC2CCCC2)c1)[C@@H]1CNCCO1. The first-order valence-electron chi connectivity index (χ1n) is 8.15. The molecular formula is C17H24N2O2S. The average Bonchev–Trinajstić information content (AvgIpc) is 3.08. The molecule has 22 heavy (non-hydrogen) atoms. The second-order valence-electron chi connectivity index (χ2n) is 5.97. The van der Waals surface area contributed by atoms with Crippen LogP contribution in [-0.4, -0.2) is 37.0 Å². The highest BCUT2D eigenvalue weighted by Crippen LogP contribution is 2.31. The highest BCUT2D eigenvalue weighted by molar-refractivity contribution is 7.99. The summed E-state index contributed by atoms with van der Waals surface area (Å²) in [6.07, 6.45) is 5.08. The Hall–Kier alpha value is -1.04. The summed E-state index contributed by atoms with van der Waals surface area (Å²) in [6, 6.07) is 8.17. The van der Waals surface area contributed by atoms with Crippen LogP contribution in [0.1, 0.15) is 31.2 Å². The molecule has 0 bridgehead atoms. The van der Waals surface area contributed by atoms with Crippen LogP contribution in [-0.2, 0) is 15.3 Å². The number of hydrogen-bond acceptors (Lipinski definition) is 4. The van der Waals surface area contributed by atoms with Crippen molar-refractivity contribution in [1.82, 2.24) is 5.32 Å². The van der Waals surface area contributed by atoms with Crippen LogP contribution in [0.15, 0.2) is 24.3 Å². The molecule has 2 N–H and O–H groups in total. The van der Waals surface area contributed by atoms with Crippen LogP contribution in [0.5, 0.6) is 0 Å². The highest BCUT2D eigenvalue weighted by Gasteiger charge is 2.21. The van der Waals surface area contributed by atoms with Gasteiger partial charge in [0.15, 0.2) is 0 Å². The molecule has 1 saturated heterocycles. The molecule has 1 amide bonds. The Balaban J connectivity index is 1.52. The summed E-state index contributed by atoms with van der Waals surface area (Å²) in [5.74, 6) is 0.961. The molecule has 3 rings (SSSR count). The van der Waals surface area contributed by atoms with Crippen molar-refractivity contribution in [2.24, 2.45) is 0 Å². The number of thioether (sulfide) groups is 1. The minimum atomic E-state index is -0.384. The summed E-state index contributed by atoms with van der Waals surface area (Å²) < 4.78 is 5.48. The van der Waals surface area contributed by atoms with Gasteiger partial charge in [0, 0.05) is 29.8 Å². The number of morpholine rings is 1. The Kier molecular flexibility index (Phi) is 5.76. The zero-order chi connectivity index (χ0) is 15.2. The maximum Gasteiger partial charge on any atom is 0.254 e. The number of ether oxygens (including phenoxy) is 1. The summed E-state index contributed by atoms with van der Waals surface area (Å²) in [7, 11) is 0. The number of carbonyl (C=O) groups excluding carboxylic acids is 1. The molecule has 0 aromatic heterocycles. The maximum atomic E-state index is 12.2. The van der Waals surface area contributed by atoms with E-state index < -0.39 is 0 Å². The van der Waals surface area contributed by atoms with E-state index in [1.54, 1.807) is 0 Å². The summed E-state index contributed by atoms with van der Waals surface area (Å²) in [4.78, 5) is 12.2. The molecule has 1 aliphatic heterocycles. The van der Waals surface area contributed by atoms with E-state index in [2.05, 4.69) is 22.8 Å². The van der Waals surface area contributed by atoms with Crippen LogP contribution < -0.4 is 10.6 Å². The van der Waals surface area contributed by atoms with Crippen LogP contribution in [0.2, 0.25) is 0 Å². The predicted octanol–water partition coefficient (Wildman–Crippen LogP) is 2.79. The van der Waals surface area contributed by atoms with Crippen molar-refractivity contribution >= 4 is 23.4 Å². The quantitative estimate of drug-likeness (QED) is 0.876. The van der Waals surface area contributed by atoms with Crippen molar-refractivity contribution in [2.75, 3.05) is 25.0 Å². The van der Waals surface area contributed by atoms with Gasteiger partial charge in [-0.2, -0.15) is 11.8 Å². The third-order valence-electron chi connectivity index (χ3n) is 4.20. The van der Waals surface area contributed by atoms with Gasteiger partial charge in [0.1, 0.15) is 6.10 Å².